The summed E-state index contributed by atoms with van der Waals surface area (Å²) < 4.78 is 1.39. The van der Waals surface area contributed by atoms with E-state index in [0.29, 0.717) is 12.4 Å². The van der Waals surface area contributed by atoms with E-state index in [1.54, 1.807) is 0 Å². The van der Waals surface area contributed by atoms with Crippen molar-refractivity contribution < 1.29 is 4.79 Å². The molecule has 1 amide bonds. The summed E-state index contributed by atoms with van der Waals surface area (Å²) in [6.45, 7) is 2.63. The average molecular weight is 169 g/mol. The van der Waals surface area contributed by atoms with E-state index in [9.17, 15) is 4.79 Å². The third-order valence-electron chi connectivity index (χ3n) is 1.24. The number of hydrogen-bond acceptors (Lipinski definition) is 4. The van der Waals surface area contributed by atoms with Crippen molar-refractivity contribution in [2.75, 3.05) is 12.3 Å². The number of anilines is 1. The van der Waals surface area contributed by atoms with Gasteiger partial charge in [0.1, 0.15) is 6.54 Å². The van der Waals surface area contributed by atoms with Crippen LogP contribution in [0.1, 0.15) is 6.92 Å². The molecule has 0 aliphatic carbocycles. The van der Waals surface area contributed by atoms with E-state index in [0.717, 1.165) is 0 Å². The third kappa shape index (κ3) is 2.22. The zero-order valence-electron chi connectivity index (χ0n) is 6.82. The van der Waals surface area contributed by atoms with Crippen LogP contribution in [0.2, 0.25) is 0 Å². The maximum absolute atomic E-state index is 11.0. The Labute approximate surface area is 69.7 Å². The molecule has 6 nitrogen and oxygen atoms in total. The Bertz CT molecular complexity index is 269. The highest BCUT2D eigenvalue weighted by atomic mass is 16.2. The second-order valence-electron chi connectivity index (χ2n) is 2.29. The molecule has 0 unspecified atom stereocenters. The summed E-state index contributed by atoms with van der Waals surface area (Å²) in [5.41, 5.74) is 5.30. The van der Waals surface area contributed by atoms with Gasteiger partial charge >= 0.3 is 0 Å². The normalized spacial score (nSPS) is 9.75. The lowest BCUT2D eigenvalue weighted by Gasteiger charge is -1.99. The highest BCUT2D eigenvalue weighted by Crippen LogP contribution is 1.91. The largest absolute Gasteiger partial charge is 0.381 e. The van der Waals surface area contributed by atoms with Crippen LogP contribution in [-0.2, 0) is 11.3 Å². The average Bonchev–Trinajstić information content (AvgIpc) is 2.36. The van der Waals surface area contributed by atoms with Gasteiger partial charge in [-0.05, 0) is 6.92 Å². The van der Waals surface area contributed by atoms with Gasteiger partial charge in [0.2, 0.25) is 5.91 Å². The van der Waals surface area contributed by atoms with Crippen LogP contribution in [0.25, 0.3) is 0 Å². The first-order valence-corrected chi connectivity index (χ1v) is 3.64. The van der Waals surface area contributed by atoms with E-state index in [1.807, 2.05) is 6.92 Å². The molecule has 6 heteroatoms. The maximum atomic E-state index is 11.0. The summed E-state index contributed by atoms with van der Waals surface area (Å²) in [7, 11) is 0. The quantitative estimate of drug-likeness (QED) is 0.607. The minimum Gasteiger partial charge on any atom is -0.381 e. The van der Waals surface area contributed by atoms with Crippen LogP contribution < -0.4 is 11.1 Å². The Morgan fingerprint density at radius 3 is 3.08 bits per heavy atom. The Morgan fingerprint density at radius 2 is 2.58 bits per heavy atom. The summed E-state index contributed by atoms with van der Waals surface area (Å²) in [6, 6.07) is 0. The van der Waals surface area contributed by atoms with Gasteiger partial charge in [0.25, 0.3) is 0 Å². The predicted octanol–water partition coefficient (Wildman–Crippen LogP) is -1.00. The molecule has 0 atom stereocenters. The number of carbonyl (C=O) groups is 1. The molecule has 0 radical (unpaired) electrons. The smallest absolute Gasteiger partial charge is 0.241 e. The van der Waals surface area contributed by atoms with E-state index in [2.05, 4.69) is 15.6 Å². The molecule has 1 aromatic rings. The molecule has 0 bridgehead atoms. The molecule has 12 heavy (non-hydrogen) atoms. The second-order valence-corrected chi connectivity index (χ2v) is 2.29. The zero-order valence-corrected chi connectivity index (χ0v) is 6.82. The number of rotatable bonds is 3. The van der Waals surface area contributed by atoms with Gasteiger partial charge in [0.05, 0.1) is 6.20 Å². The molecule has 66 valence electrons. The van der Waals surface area contributed by atoms with Crippen molar-refractivity contribution in [3.63, 3.8) is 0 Å². The molecule has 1 aromatic heterocycles. The van der Waals surface area contributed by atoms with Crippen LogP contribution >= 0.6 is 0 Å². The Kier molecular flexibility index (Phi) is 2.62. The molecule has 0 saturated carbocycles. The summed E-state index contributed by atoms with van der Waals surface area (Å²) in [4.78, 5) is 11.0. The number of aromatic nitrogens is 3. The van der Waals surface area contributed by atoms with Gasteiger partial charge in [0, 0.05) is 6.54 Å². The SMILES string of the molecule is CCNC(=O)Cn1cc(N)nn1. The van der Waals surface area contributed by atoms with Crippen LogP contribution in [0.5, 0.6) is 0 Å². The molecular weight excluding hydrogens is 158 g/mol. The standard InChI is InChI=1S/C6H11N5O/c1-2-8-6(12)4-11-3-5(7)9-10-11/h3H,2,4,7H2,1H3,(H,8,12). The van der Waals surface area contributed by atoms with Crippen molar-refractivity contribution in [1.29, 1.82) is 0 Å². The minimum atomic E-state index is -0.0950. The molecule has 0 aromatic carbocycles. The lowest BCUT2D eigenvalue weighted by molar-refractivity contribution is -0.121. The summed E-state index contributed by atoms with van der Waals surface area (Å²) >= 11 is 0. The van der Waals surface area contributed by atoms with E-state index < -0.39 is 0 Å². The van der Waals surface area contributed by atoms with E-state index in [1.165, 1.54) is 10.9 Å². The van der Waals surface area contributed by atoms with Crippen LogP contribution in [0.15, 0.2) is 6.20 Å². The molecule has 1 heterocycles. The van der Waals surface area contributed by atoms with Crippen LogP contribution in [-0.4, -0.2) is 27.4 Å². The first-order valence-electron chi connectivity index (χ1n) is 3.64. The van der Waals surface area contributed by atoms with Crippen molar-refractivity contribution >= 4 is 11.7 Å². The molecule has 0 saturated heterocycles. The fourth-order valence-corrected chi connectivity index (χ4v) is 0.791. The number of hydrogen-bond donors (Lipinski definition) is 2. The van der Waals surface area contributed by atoms with Gasteiger partial charge in [-0.2, -0.15) is 0 Å². The fourth-order valence-electron chi connectivity index (χ4n) is 0.791. The molecule has 1 rings (SSSR count). The van der Waals surface area contributed by atoms with Gasteiger partial charge in [-0.15, -0.1) is 5.10 Å². The summed E-state index contributed by atoms with van der Waals surface area (Å²) in [6.07, 6.45) is 1.51. The first-order chi connectivity index (χ1) is 5.72. The van der Waals surface area contributed by atoms with Gasteiger partial charge in [-0.1, -0.05) is 5.21 Å². The Morgan fingerprint density at radius 1 is 1.83 bits per heavy atom. The topological polar surface area (TPSA) is 85.8 Å². The second kappa shape index (κ2) is 3.70. The minimum absolute atomic E-state index is 0.0950. The molecule has 0 aliphatic heterocycles. The number of likely N-dealkylation sites (N-methyl/N-ethyl adjacent to an activating group) is 1. The highest BCUT2D eigenvalue weighted by molar-refractivity contribution is 5.75. The van der Waals surface area contributed by atoms with Crippen LogP contribution in [0, 0.1) is 0 Å². The van der Waals surface area contributed by atoms with Gasteiger partial charge in [-0.25, -0.2) is 4.68 Å². The molecule has 0 spiro atoms. The zero-order chi connectivity index (χ0) is 8.97. The number of nitrogens with one attached hydrogen (secondary N) is 1. The number of carbonyl (C=O) groups excluding carboxylic acids is 1. The van der Waals surface area contributed by atoms with Crippen LogP contribution in [0.4, 0.5) is 5.82 Å². The Balaban J connectivity index is 2.46. The van der Waals surface area contributed by atoms with Gasteiger partial charge in [-0.3, -0.25) is 4.79 Å². The van der Waals surface area contributed by atoms with Crippen molar-refractivity contribution in [2.24, 2.45) is 0 Å². The maximum Gasteiger partial charge on any atom is 0.241 e. The molecule has 0 fully saturated rings. The summed E-state index contributed by atoms with van der Waals surface area (Å²) in [5, 5.41) is 9.79. The molecule has 3 N–H and O–H groups in total. The van der Waals surface area contributed by atoms with Gasteiger partial charge < -0.3 is 11.1 Å². The van der Waals surface area contributed by atoms with E-state index >= 15 is 0 Å². The number of nitrogens with two attached hydrogens (primary N) is 1. The predicted molar refractivity (Wildman–Crippen MR) is 43.1 cm³/mol. The van der Waals surface area contributed by atoms with Crippen molar-refractivity contribution in [2.45, 2.75) is 13.5 Å². The molecular formula is C6H11N5O. The third-order valence-corrected chi connectivity index (χ3v) is 1.24. The lowest BCUT2D eigenvalue weighted by atomic mass is 10.5. The van der Waals surface area contributed by atoms with Crippen molar-refractivity contribution in [3.05, 3.63) is 6.20 Å². The number of nitrogens with zero attached hydrogens (tertiary/aromatic N) is 3. The first kappa shape index (κ1) is 8.51. The Hall–Kier alpha value is -1.59. The number of nitrogen functional groups attached to an aromatic ring is 1. The monoisotopic (exact) mass is 169 g/mol. The van der Waals surface area contributed by atoms with Crippen LogP contribution in [0.3, 0.4) is 0 Å². The highest BCUT2D eigenvalue weighted by Gasteiger charge is 2.01. The summed E-state index contributed by atoms with van der Waals surface area (Å²) in [5.74, 6) is 0.224. The van der Waals surface area contributed by atoms with E-state index in [-0.39, 0.29) is 12.5 Å². The lowest BCUT2D eigenvalue weighted by Crippen LogP contribution is -2.27. The number of amides is 1. The fraction of sp³-hybridized carbons (Fsp3) is 0.500. The van der Waals surface area contributed by atoms with Crippen molar-refractivity contribution in [3.8, 4) is 0 Å². The molecule has 0 aliphatic rings. The van der Waals surface area contributed by atoms with Gasteiger partial charge in [0.15, 0.2) is 5.82 Å². The van der Waals surface area contributed by atoms with E-state index in [4.69, 9.17) is 5.73 Å². The van der Waals surface area contributed by atoms with Crippen molar-refractivity contribution in [1.82, 2.24) is 20.3 Å².